The average molecular weight is 446 g/mol. The van der Waals surface area contributed by atoms with Gasteiger partial charge in [0.05, 0.1) is 34.5 Å². The molecular formula is C17H20ClN3O5S2. The van der Waals surface area contributed by atoms with Crippen LogP contribution in [-0.2, 0) is 20.0 Å². The maximum Gasteiger partial charge on any atom is 0.257 e. The van der Waals surface area contributed by atoms with Crippen molar-refractivity contribution in [2.75, 3.05) is 40.5 Å². The van der Waals surface area contributed by atoms with Gasteiger partial charge in [-0.1, -0.05) is 17.7 Å². The third-order valence-corrected chi connectivity index (χ3v) is 6.76. The fraction of sp³-hybridized carbons (Fsp3) is 0.235. The maximum atomic E-state index is 12.6. The van der Waals surface area contributed by atoms with Crippen molar-refractivity contribution in [1.82, 2.24) is 0 Å². The molecule has 0 aliphatic carbocycles. The van der Waals surface area contributed by atoms with E-state index in [2.05, 4.69) is 5.32 Å². The van der Waals surface area contributed by atoms with Gasteiger partial charge >= 0.3 is 0 Å². The lowest BCUT2D eigenvalue weighted by atomic mass is 10.1. The largest absolute Gasteiger partial charge is 0.322 e. The van der Waals surface area contributed by atoms with Gasteiger partial charge in [0, 0.05) is 19.8 Å². The van der Waals surface area contributed by atoms with Gasteiger partial charge in [0.15, 0.2) is 0 Å². The highest BCUT2D eigenvalue weighted by Crippen LogP contribution is 2.26. The van der Waals surface area contributed by atoms with E-state index < -0.39 is 26.0 Å². The molecule has 2 aromatic rings. The zero-order chi connectivity index (χ0) is 21.3. The zero-order valence-corrected chi connectivity index (χ0v) is 18.1. The Kier molecular flexibility index (Phi) is 6.27. The van der Waals surface area contributed by atoms with Gasteiger partial charge in [-0.05, 0) is 36.4 Å². The second-order valence-electron chi connectivity index (χ2n) is 6.13. The normalized spacial score (nSPS) is 11.8. The van der Waals surface area contributed by atoms with Crippen molar-refractivity contribution in [2.45, 2.75) is 0 Å². The van der Waals surface area contributed by atoms with Crippen LogP contribution in [0.4, 0.5) is 17.1 Å². The van der Waals surface area contributed by atoms with Crippen LogP contribution in [0.3, 0.4) is 0 Å². The quantitative estimate of drug-likeness (QED) is 0.735. The molecule has 0 saturated heterocycles. The molecular weight excluding hydrogens is 426 g/mol. The fourth-order valence-electron chi connectivity index (χ4n) is 2.24. The van der Waals surface area contributed by atoms with Crippen molar-refractivity contribution < 1.29 is 21.6 Å². The van der Waals surface area contributed by atoms with Gasteiger partial charge in [0.2, 0.25) is 20.0 Å². The smallest absolute Gasteiger partial charge is 0.257 e. The van der Waals surface area contributed by atoms with E-state index in [1.54, 1.807) is 18.2 Å². The van der Waals surface area contributed by atoms with Crippen molar-refractivity contribution in [1.29, 1.82) is 0 Å². The van der Waals surface area contributed by atoms with E-state index in [4.69, 9.17) is 11.6 Å². The molecule has 0 heterocycles. The summed E-state index contributed by atoms with van der Waals surface area (Å²) in [6.07, 6.45) is 2.12. The number of benzene rings is 2. The first kappa shape index (κ1) is 22.0. The van der Waals surface area contributed by atoms with Gasteiger partial charge in [-0.25, -0.2) is 16.8 Å². The van der Waals surface area contributed by atoms with Crippen LogP contribution in [-0.4, -0.2) is 49.3 Å². The molecule has 0 aliphatic heterocycles. The first-order chi connectivity index (χ1) is 12.8. The van der Waals surface area contributed by atoms with E-state index in [0.29, 0.717) is 11.4 Å². The molecule has 0 unspecified atom stereocenters. The van der Waals surface area contributed by atoms with Crippen LogP contribution in [0.2, 0.25) is 5.02 Å². The average Bonchev–Trinajstić information content (AvgIpc) is 2.59. The van der Waals surface area contributed by atoms with Crippen molar-refractivity contribution >= 4 is 54.6 Å². The fourth-order valence-corrected chi connectivity index (χ4v) is 3.44. The molecule has 0 aromatic heterocycles. The van der Waals surface area contributed by atoms with E-state index in [0.717, 1.165) is 21.1 Å². The minimum Gasteiger partial charge on any atom is -0.322 e. The molecule has 28 heavy (non-hydrogen) atoms. The van der Waals surface area contributed by atoms with E-state index in [1.165, 1.54) is 38.4 Å². The van der Waals surface area contributed by atoms with E-state index in [9.17, 15) is 21.6 Å². The zero-order valence-electron chi connectivity index (χ0n) is 15.7. The predicted octanol–water partition coefficient (Wildman–Crippen LogP) is 2.38. The number of nitrogens with zero attached hydrogens (tertiary/aromatic N) is 2. The Balaban J connectivity index is 2.33. The lowest BCUT2D eigenvalue weighted by Crippen LogP contribution is -2.25. The highest BCUT2D eigenvalue weighted by atomic mass is 35.5. The Morgan fingerprint density at radius 2 is 1.43 bits per heavy atom. The number of rotatable bonds is 6. The first-order valence-electron chi connectivity index (χ1n) is 7.89. The number of sulfonamides is 2. The summed E-state index contributed by atoms with van der Waals surface area (Å²) < 4.78 is 48.9. The minimum atomic E-state index is -3.50. The maximum absolute atomic E-state index is 12.6. The minimum absolute atomic E-state index is 0.0801. The van der Waals surface area contributed by atoms with Gasteiger partial charge < -0.3 is 5.32 Å². The van der Waals surface area contributed by atoms with Crippen LogP contribution in [0.25, 0.3) is 0 Å². The number of anilines is 3. The lowest BCUT2D eigenvalue weighted by molar-refractivity contribution is 0.102. The molecule has 11 heteroatoms. The molecule has 0 atom stereocenters. The standard InChI is InChI=1S/C17H20ClN3O5S2/c1-20(27(3,23)24)13-7-5-6-12(10-13)19-17(22)15-11-14(8-9-16(15)18)21(2)28(4,25)26/h5-11H,1-4H3,(H,19,22). The predicted molar refractivity (Wildman–Crippen MR) is 112 cm³/mol. The Bertz CT molecular complexity index is 1120. The van der Waals surface area contributed by atoms with Crippen molar-refractivity contribution in [2.24, 2.45) is 0 Å². The molecule has 0 bridgehead atoms. The van der Waals surface area contributed by atoms with E-state index in [-0.39, 0.29) is 16.3 Å². The molecule has 0 saturated carbocycles. The summed E-state index contributed by atoms with van der Waals surface area (Å²) in [7, 11) is -4.19. The second-order valence-corrected chi connectivity index (χ2v) is 10.6. The summed E-state index contributed by atoms with van der Waals surface area (Å²) in [5.74, 6) is -0.562. The SMILES string of the molecule is CN(c1cccc(NC(=O)c2cc(N(C)S(C)(=O)=O)ccc2Cl)c1)S(C)(=O)=O. The van der Waals surface area contributed by atoms with Crippen molar-refractivity contribution in [3.8, 4) is 0 Å². The third kappa shape index (κ3) is 5.15. The summed E-state index contributed by atoms with van der Waals surface area (Å²) >= 11 is 6.10. The number of carbonyl (C=O) groups excluding carboxylic acids is 1. The first-order valence-corrected chi connectivity index (χ1v) is 12.0. The summed E-state index contributed by atoms with van der Waals surface area (Å²) in [4.78, 5) is 12.6. The van der Waals surface area contributed by atoms with Gasteiger partial charge in [0.1, 0.15) is 0 Å². The van der Waals surface area contributed by atoms with Crippen LogP contribution < -0.4 is 13.9 Å². The Morgan fingerprint density at radius 1 is 0.893 bits per heavy atom. The van der Waals surface area contributed by atoms with Crippen LogP contribution in [0.5, 0.6) is 0 Å². The van der Waals surface area contributed by atoms with Crippen LogP contribution in [0.1, 0.15) is 10.4 Å². The van der Waals surface area contributed by atoms with E-state index in [1.807, 2.05) is 0 Å². The molecule has 0 radical (unpaired) electrons. The highest BCUT2D eigenvalue weighted by molar-refractivity contribution is 7.92. The summed E-state index contributed by atoms with van der Waals surface area (Å²) in [6, 6.07) is 10.6. The molecule has 2 aromatic carbocycles. The molecule has 0 fully saturated rings. The van der Waals surface area contributed by atoms with Gasteiger partial charge in [-0.15, -0.1) is 0 Å². The number of nitrogens with one attached hydrogen (secondary N) is 1. The van der Waals surface area contributed by atoms with Gasteiger partial charge in [0.25, 0.3) is 5.91 Å². The molecule has 0 aliphatic rings. The summed E-state index contributed by atoms with van der Waals surface area (Å²) in [5.41, 5.74) is 1.09. The monoisotopic (exact) mass is 445 g/mol. The number of hydrogen-bond acceptors (Lipinski definition) is 5. The second kappa shape index (κ2) is 7.98. The van der Waals surface area contributed by atoms with Gasteiger partial charge in [-0.2, -0.15) is 0 Å². The number of halogens is 1. The molecule has 8 nitrogen and oxygen atoms in total. The van der Waals surface area contributed by atoms with Crippen molar-refractivity contribution in [3.05, 3.63) is 53.1 Å². The lowest BCUT2D eigenvalue weighted by Gasteiger charge is -2.19. The Morgan fingerprint density at radius 3 is 1.96 bits per heavy atom. The topological polar surface area (TPSA) is 104 Å². The Labute approximate surface area is 169 Å². The Hall–Kier alpha value is -2.30. The molecule has 1 N–H and O–H groups in total. The van der Waals surface area contributed by atoms with E-state index >= 15 is 0 Å². The molecule has 1 amide bonds. The number of amides is 1. The third-order valence-electron chi connectivity index (χ3n) is 4.02. The molecule has 152 valence electrons. The molecule has 0 spiro atoms. The van der Waals surface area contributed by atoms with Crippen LogP contribution in [0, 0.1) is 0 Å². The molecule has 2 rings (SSSR count). The van der Waals surface area contributed by atoms with Crippen LogP contribution in [0.15, 0.2) is 42.5 Å². The van der Waals surface area contributed by atoms with Gasteiger partial charge in [-0.3, -0.25) is 13.4 Å². The number of carbonyl (C=O) groups is 1. The van der Waals surface area contributed by atoms with Crippen molar-refractivity contribution in [3.63, 3.8) is 0 Å². The highest BCUT2D eigenvalue weighted by Gasteiger charge is 2.18. The summed E-state index contributed by atoms with van der Waals surface area (Å²) in [5, 5.41) is 2.78. The number of hydrogen-bond donors (Lipinski definition) is 1. The van der Waals surface area contributed by atoms with Crippen LogP contribution >= 0.6 is 11.6 Å². The summed E-state index contributed by atoms with van der Waals surface area (Å²) in [6.45, 7) is 0.